The summed E-state index contributed by atoms with van der Waals surface area (Å²) in [6, 6.07) is 15.2. The van der Waals surface area contributed by atoms with E-state index in [1.54, 1.807) is 38.9 Å². The third kappa shape index (κ3) is 3.72. The molecule has 1 N–H and O–H groups in total. The van der Waals surface area contributed by atoms with Crippen LogP contribution in [-0.4, -0.2) is 28.9 Å². The molecule has 0 fully saturated rings. The first-order valence-electron chi connectivity index (χ1n) is 7.87. The number of hydrogen-bond acceptors (Lipinski definition) is 4. The van der Waals surface area contributed by atoms with E-state index in [0.29, 0.717) is 17.1 Å². The zero-order valence-corrected chi connectivity index (χ0v) is 14.2. The molecule has 0 saturated heterocycles. The SMILES string of the molecule is COc1ccc([C@@H](O)/C(=C/n2ccnc2)c2ccccc2)cc1OC. The number of aliphatic hydroxyl groups is 1. The second-order valence-corrected chi connectivity index (χ2v) is 5.48. The molecule has 0 aliphatic carbocycles. The molecule has 1 atom stereocenters. The molecule has 2 aromatic carbocycles. The molecule has 0 unspecified atom stereocenters. The topological polar surface area (TPSA) is 56.5 Å². The summed E-state index contributed by atoms with van der Waals surface area (Å²) in [5.41, 5.74) is 2.40. The molecule has 0 aliphatic rings. The minimum absolute atomic E-state index is 0.578. The third-order valence-corrected chi connectivity index (χ3v) is 3.94. The number of rotatable bonds is 6. The predicted octanol–water partition coefficient (Wildman–Crippen LogP) is 3.63. The Morgan fingerprint density at radius 1 is 1.08 bits per heavy atom. The summed E-state index contributed by atoms with van der Waals surface area (Å²) in [5, 5.41) is 11.0. The summed E-state index contributed by atoms with van der Waals surface area (Å²) < 4.78 is 12.4. The molecule has 5 heteroatoms. The highest BCUT2D eigenvalue weighted by molar-refractivity contribution is 5.79. The van der Waals surface area contributed by atoms with E-state index in [-0.39, 0.29) is 0 Å². The fourth-order valence-corrected chi connectivity index (χ4v) is 2.64. The summed E-state index contributed by atoms with van der Waals surface area (Å²) in [6.45, 7) is 0. The van der Waals surface area contributed by atoms with Crippen molar-refractivity contribution in [1.82, 2.24) is 9.55 Å². The van der Waals surface area contributed by atoms with Gasteiger partial charge in [-0.1, -0.05) is 36.4 Å². The number of aliphatic hydroxyl groups excluding tert-OH is 1. The van der Waals surface area contributed by atoms with E-state index in [9.17, 15) is 5.11 Å². The van der Waals surface area contributed by atoms with E-state index < -0.39 is 6.10 Å². The van der Waals surface area contributed by atoms with Crippen LogP contribution in [0.15, 0.2) is 67.3 Å². The number of ether oxygens (including phenoxy) is 2. The molecule has 0 aliphatic heterocycles. The lowest BCUT2D eigenvalue weighted by atomic mass is 9.95. The van der Waals surface area contributed by atoms with Crippen molar-refractivity contribution in [2.24, 2.45) is 0 Å². The van der Waals surface area contributed by atoms with Crippen LogP contribution in [0.4, 0.5) is 0 Å². The number of benzene rings is 2. The lowest BCUT2D eigenvalue weighted by Crippen LogP contribution is -2.03. The van der Waals surface area contributed by atoms with Crippen LogP contribution in [-0.2, 0) is 0 Å². The molecular formula is C20H20N2O3. The maximum atomic E-state index is 11.0. The average Bonchev–Trinajstić information content (AvgIpc) is 3.19. The van der Waals surface area contributed by atoms with Gasteiger partial charge in [-0.25, -0.2) is 4.98 Å². The first-order chi connectivity index (χ1) is 12.2. The van der Waals surface area contributed by atoms with Gasteiger partial charge in [0, 0.05) is 24.2 Å². The largest absolute Gasteiger partial charge is 0.493 e. The van der Waals surface area contributed by atoms with Gasteiger partial charge in [0.25, 0.3) is 0 Å². The van der Waals surface area contributed by atoms with Gasteiger partial charge in [-0.2, -0.15) is 0 Å². The number of aromatic nitrogens is 2. The molecular weight excluding hydrogens is 316 g/mol. The van der Waals surface area contributed by atoms with Gasteiger partial charge < -0.3 is 19.1 Å². The molecule has 25 heavy (non-hydrogen) atoms. The van der Waals surface area contributed by atoms with Crippen molar-refractivity contribution < 1.29 is 14.6 Å². The van der Waals surface area contributed by atoms with E-state index in [4.69, 9.17) is 9.47 Å². The molecule has 0 radical (unpaired) electrons. The Morgan fingerprint density at radius 2 is 1.84 bits per heavy atom. The van der Waals surface area contributed by atoms with Crippen molar-refractivity contribution in [1.29, 1.82) is 0 Å². The quantitative estimate of drug-likeness (QED) is 0.747. The molecule has 0 spiro atoms. The molecule has 0 bridgehead atoms. The molecule has 0 amide bonds. The Hall–Kier alpha value is -3.05. The third-order valence-electron chi connectivity index (χ3n) is 3.94. The van der Waals surface area contributed by atoms with E-state index >= 15 is 0 Å². The van der Waals surface area contributed by atoms with E-state index in [0.717, 1.165) is 11.1 Å². The maximum Gasteiger partial charge on any atom is 0.161 e. The predicted molar refractivity (Wildman–Crippen MR) is 97.3 cm³/mol. The Bertz CT molecular complexity index is 843. The van der Waals surface area contributed by atoms with Crippen molar-refractivity contribution in [3.63, 3.8) is 0 Å². The van der Waals surface area contributed by atoms with Crippen molar-refractivity contribution >= 4 is 11.8 Å². The van der Waals surface area contributed by atoms with Crippen LogP contribution in [0, 0.1) is 0 Å². The van der Waals surface area contributed by atoms with E-state index in [1.807, 2.05) is 53.4 Å². The summed E-state index contributed by atoms with van der Waals surface area (Å²) in [5.74, 6) is 1.20. The zero-order valence-electron chi connectivity index (χ0n) is 14.2. The second-order valence-electron chi connectivity index (χ2n) is 5.48. The van der Waals surface area contributed by atoms with Gasteiger partial charge in [-0.05, 0) is 23.3 Å². The summed E-state index contributed by atoms with van der Waals surface area (Å²) in [7, 11) is 3.16. The summed E-state index contributed by atoms with van der Waals surface area (Å²) in [4.78, 5) is 4.05. The molecule has 3 rings (SSSR count). The first kappa shape index (κ1) is 16.8. The highest BCUT2D eigenvalue weighted by atomic mass is 16.5. The van der Waals surface area contributed by atoms with Crippen LogP contribution in [0.1, 0.15) is 17.2 Å². The van der Waals surface area contributed by atoms with Crippen LogP contribution in [0.25, 0.3) is 11.8 Å². The molecule has 1 aromatic heterocycles. The van der Waals surface area contributed by atoms with Crippen molar-refractivity contribution in [3.8, 4) is 11.5 Å². The van der Waals surface area contributed by atoms with Crippen LogP contribution in [0.5, 0.6) is 11.5 Å². The minimum atomic E-state index is -0.829. The van der Waals surface area contributed by atoms with Gasteiger partial charge in [0.1, 0.15) is 6.10 Å². The first-order valence-corrected chi connectivity index (χ1v) is 7.87. The van der Waals surface area contributed by atoms with Crippen molar-refractivity contribution in [2.45, 2.75) is 6.10 Å². The van der Waals surface area contributed by atoms with Crippen LogP contribution >= 0.6 is 0 Å². The number of methoxy groups -OCH3 is 2. The lowest BCUT2D eigenvalue weighted by Gasteiger charge is -2.18. The van der Waals surface area contributed by atoms with Gasteiger partial charge in [0.05, 0.1) is 20.5 Å². The minimum Gasteiger partial charge on any atom is -0.493 e. The molecule has 128 valence electrons. The Kier molecular flexibility index (Phi) is 5.16. The summed E-state index contributed by atoms with van der Waals surface area (Å²) >= 11 is 0. The zero-order chi connectivity index (χ0) is 17.6. The Balaban J connectivity index is 2.04. The van der Waals surface area contributed by atoms with Gasteiger partial charge in [0.15, 0.2) is 11.5 Å². The van der Waals surface area contributed by atoms with Crippen LogP contribution < -0.4 is 9.47 Å². The van der Waals surface area contributed by atoms with Gasteiger partial charge in [-0.3, -0.25) is 0 Å². The summed E-state index contributed by atoms with van der Waals surface area (Å²) in [6.07, 6.45) is 6.24. The highest BCUT2D eigenvalue weighted by Crippen LogP contribution is 2.35. The maximum absolute atomic E-state index is 11.0. The van der Waals surface area contributed by atoms with Crippen molar-refractivity contribution in [3.05, 3.63) is 78.4 Å². The fraction of sp³-hybridized carbons (Fsp3) is 0.150. The average molecular weight is 336 g/mol. The fourth-order valence-electron chi connectivity index (χ4n) is 2.64. The molecule has 0 saturated carbocycles. The monoisotopic (exact) mass is 336 g/mol. The van der Waals surface area contributed by atoms with Gasteiger partial charge in [0.2, 0.25) is 0 Å². The van der Waals surface area contributed by atoms with Gasteiger partial charge in [-0.15, -0.1) is 0 Å². The number of hydrogen-bond donors (Lipinski definition) is 1. The second kappa shape index (κ2) is 7.68. The normalized spacial score (nSPS) is 12.7. The molecule has 3 aromatic rings. The van der Waals surface area contributed by atoms with Crippen LogP contribution in [0.3, 0.4) is 0 Å². The standard InChI is InChI=1S/C20H20N2O3/c1-24-18-9-8-16(12-19(18)25-2)20(23)17(13-22-11-10-21-14-22)15-6-4-3-5-7-15/h3-14,20,23H,1-2H3/b17-13+/t20-/m1/s1. The lowest BCUT2D eigenvalue weighted by molar-refractivity contribution is 0.237. The van der Waals surface area contributed by atoms with Crippen molar-refractivity contribution in [2.75, 3.05) is 14.2 Å². The number of nitrogens with zero attached hydrogens (tertiary/aromatic N) is 2. The molecule has 1 heterocycles. The van der Waals surface area contributed by atoms with E-state index in [2.05, 4.69) is 4.98 Å². The van der Waals surface area contributed by atoms with Gasteiger partial charge >= 0.3 is 0 Å². The Labute approximate surface area is 146 Å². The van der Waals surface area contributed by atoms with Crippen LogP contribution in [0.2, 0.25) is 0 Å². The van der Waals surface area contributed by atoms with E-state index in [1.165, 1.54) is 0 Å². The smallest absolute Gasteiger partial charge is 0.161 e. The number of imidazole rings is 1. The highest BCUT2D eigenvalue weighted by Gasteiger charge is 2.18. The molecule has 5 nitrogen and oxygen atoms in total. The Morgan fingerprint density at radius 3 is 2.48 bits per heavy atom.